The van der Waals surface area contributed by atoms with Crippen LogP contribution in [0.5, 0.6) is 5.75 Å². The summed E-state index contributed by atoms with van der Waals surface area (Å²) in [5.41, 5.74) is 1.89. The molecule has 2 aliphatic heterocycles. The van der Waals surface area contributed by atoms with Crippen LogP contribution in [0.2, 0.25) is 0 Å². The van der Waals surface area contributed by atoms with E-state index < -0.39 is 0 Å². The molecule has 4 nitrogen and oxygen atoms in total. The van der Waals surface area contributed by atoms with Gasteiger partial charge < -0.3 is 15.4 Å². The second-order valence-electron chi connectivity index (χ2n) is 4.30. The Morgan fingerprint density at radius 2 is 2.25 bits per heavy atom. The molecule has 1 aromatic rings. The van der Waals surface area contributed by atoms with Gasteiger partial charge in [-0.15, -0.1) is 0 Å². The van der Waals surface area contributed by atoms with Gasteiger partial charge in [-0.25, -0.2) is 0 Å². The highest BCUT2D eigenvalue weighted by atomic mass is 16.5. The molecule has 0 aromatic heterocycles. The summed E-state index contributed by atoms with van der Waals surface area (Å²) in [6, 6.07) is 5.89. The Kier molecular flexibility index (Phi) is 2.11. The first kappa shape index (κ1) is 9.66. The summed E-state index contributed by atoms with van der Waals surface area (Å²) in [5.74, 6) is 1.23. The summed E-state index contributed by atoms with van der Waals surface area (Å²) in [6.07, 6.45) is 0. The number of nitrogens with one attached hydrogen (secondary N) is 2. The van der Waals surface area contributed by atoms with E-state index >= 15 is 0 Å². The third kappa shape index (κ3) is 1.30. The SMILES string of the molecule is COc1ccc2c(c1)[C@H]1CNC[C@@H]1NC2=O. The van der Waals surface area contributed by atoms with Gasteiger partial charge in [-0.1, -0.05) is 0 Å². The molecule has 1 saturated heterocycles. The van der Waals surface area contributed by atoms with Crippen molar-refractivity contribution < 1.29 is 9.53 Å². The van der Waals surface area contributed by atoms with Crippen molar-refractivity contribution >= 4 is 5.91 Å². The topological polar surface area (TPSA) is 50.4 Å². The molecule has 0 aliphatic carbocycles. The summed E-state index contributed by atoms with van der Waals surface area (Å²) in [4.78, 5) is 11.8. The van der Waals surface area contributed by atoms with Crippen molar-refractivity contribution in [1.29, 1.82) is 0 Å². The van der Waals surface area contributed by atoms with Crippen molar-refractivity contribution in [3.05, 3.63) is 29.3 Å². The van der Waals surface area contributed by atoms with Crippen molar-refractivity contribution in [2.45, 2.75) is 12.0 Å². The molecule has 0 unspecified atom stereocenters. The van der Waals surface area contributed by atoms with Gasteiger partial charge in [-0.2, -0.15) is 0 Å². The maximum atomic E-state index is 11.8. The van der Waals surface area contributed by atoms with Crippen molar-refractivity contribution in [3.8, 4) is 5.75 Å². The van der Waals surface area contributed by atoms with Gasteiger partial charge in [0, 0.05) is 30.6 Å². The molecule has 1 amide bonds. The van der Waals surface area contributed by atoms with Gasteiger partial charge >= 0.3 is 0 Å². The van der Waals surface area contributed by atoms with Crippen LogP contribution in [0, 0.1) is 0 Å². The number of methoxy groups -OCH3 is 1. The van der Waals surface area contributed by atoms with Gasteiger partial charge in [0.15, 0.2) is 0 Å². The smallest absolute Gasteiger partial charge is 0.251 e. The molecule has 1 aromatic carbocycles. The van der Waals surface area contributed by atoms with Crippen LogP contribution in [-0.2, 0) is 0 Å². The summed E-state index contributed by atoms with van der Waals surface area (Å²) in [7, 11) is 1.65. The van der Waals surface area contributed by atoms with E-state index in [1.165, 1.54) is 0 Å². The van der Waals surface area contributed by atoms with Crippen LogP contribution in [0.15, 0.2) is 18.2 Å². The normalized spacial score (nSPS) is 26.9. The van der Waals surface area contributed by atoms with Crippen molar-refractivity contribution in [2.24, 2.45) is 0 Å². The van der Waals surface area contributed by atoms with Gasteiger partial charge in [0.1, 0.15) is 5.75 Å². The van der Waals surface area contributed by atoms with Gasteiger partial charge in [0.05, 0.1) is 7.11 Å². The highest BCUT2D eigenvalue weighted by molar-refractivity contribution is 5.97. The fourth-order valence-electron chi connectivity index (χ4n) is 2.58. The second-order valence-corrected chi connectivity index (χ2v) is 4.30. The Morgan fingerprint density at radius 1 is 1.38 bits per heavy atom. The molecule has 0 saturated carbocycles. The van der Waals surface area contributed by atoms with Gasteiger partial charge in [0.2, 0.25) is 0 Å². The third-order valence-electron chi connectivity index (χ3n) is 3.43. The molecule has 2 atom stereocenters. The van der Waals surface area contributed by atoms with E-state index in [4.69, 9.17) is 4.74 Å². The Labute approximate surface area is 94.0 Å². The standard InChI is InChI=1S/C12H14N2O2/c1-16-7-2-3-8-9(4-7)10-5-13-6-11(10)14-12(8)15/h2-4,10-11,13H,5-6H2,1H3,(H,14,15)/t10-,11+/m1/s1. The second kappa shape index (κ2) is 3.49. The minimum absolute atomic E-state index is 0.0302. The van der Waals surface area contributed by atoms with Crippen LogP contribution in [0.3, 0.4) is 0 Å². The molecule has 1 fully saturated rings. The predicted molar refractivity (Wildman–Crippen MR) is 59.9 cm³/mol. The first-order valence-electron chi connectivity index (χ1n) is 5.49. The largest absolute Gasteiger partial charge is 0.497 e. The zero-order valence-electron chi connectivity index (χ0n) is 9.12. The average molecular weight is 218 g/mol. The van der Waals surface area contributed by atoms with E-state index in [1.807, 2.05) is 18.2 Å². The van der Waals surface area contributed by atoms with E-state index in [0.29, 0.717) is 5.92 Å². The number of amides is 1. The Bertz CT molecular complexity index is 445. The zero-order chi connectivity index (χ0) is 11.1. The summed E-state index contributed by atoms with van der Waals surface area (Å²) < 4.78 is 5.21. The van der Waals surface area contributed by atoms with Crippen LogP contribution in [0.1, 0.15) is 21.8 Å². The average Bonchev–Trinajstić information content (AvgIpc) is 2.76. The van der Waals surface area contributed by atoms with E-state index in [2.05, 4.69) is 10.6 Å². The maximum absolute atomic E-state index is 11.8. The van der Waals surface area contributed by atoms with Gasteiger partial charge in [-0.3, -0.25) is 4.79 Å². The van der Waals surface area contributed by atoms with Crippen LogP contribution in [-0.4, -0.2) is 32.1 Å². The molecule has 84 valence electrons. The molecule has 2 aliphatic rings. The number of carbonyl (C=O) groups is 1. The quantitative estimate of drug-likeness (QED) is 0.721. The van der Waals surface area contributed by atoms with Crippen LogP contribution >= 0.6 is 0 Å². The third-order valence-corrected chi connectivity index (χ3v) is 3.43. The lowest BCUT2D eigenvalue weighted by molar-refractivity contribution is 0.0924. The number of ether oxygens (including phenoxy) is 1. The lowest BCUT2D eigenvalue weighted by Crippen LogP contribution is -2.44. The minimum atomic E-state index is 0.0302. The zero-order valence-corrected chi connectivity index (χ0v) is 9.12. The van der Waals surface area contributed by atoms with Gasteiger partial charge in [0.25, 0.3) is 5.91 Å². The van der Waals surface area contributed by atoms with Crippen LogP contribution in [0.25, 0.3) is 0 Å². The number of carbonyl (C=O) groups excluding carboxylic acids is 1. The molecular formula is C12H14N2O2. The van der Waals surface area contributed by atoms with E-state index in [1.54, 1.807) is 7.11 Å². The maximum Gasteiger partial charge on any atom is 0.251 e. The van der Waals surface area contributed by atoms with Crippen molar-refractivity contribution in [1.82, 2.24) is 10.6 Å². The Morgan fingerprint density at radius 3 is 3.06 bits per heavy atom. The molecule has 2 N–H and O–H groups in total. The van der Waals surface area contributed by atoms with Crippen LogP contribution in [0.4, 0.5) is 0 Å². The molecule has 3 rings (SSSR count). The molecule has 0 bridgehead atoms. The molecule has 0 radical (unpaired) electrons. The molecule has 0 spiro atoms. The summed E-state index contributed by atoms with van der Waals surface area (Å²) in [6.45, 7) is 1.78. The fourth-order valence-corrected chi connectivity index (χ4v) is 2.58. The van der Waals surface area contributed by atoms with Crippen LogP contribution < -0.4 is 15.4 Å². The van der Waals surface area contributed by atoms with E-state index in [-0.39, 0.29) is 11.9 Å². The lowest BCUT2D eigenvalue weighted by atomic mass is 9.86. The summed E-state index contributed by atoms with van der Waals surface area (Å²) >= 11 is 0. The number of fused-ring (bicyclic) bond motifs is 3. The monoisotopic (exact) mass is 218 g/mol. The number of hydrogen-bond acceptors (Lipinski definition) is 3. The number of hydrogen-bond donors (Lipinski definition) is 2. The highest BCUT2D eigenvalue weighted by Crippen LogP contribution is 2.32. The molecule has 16 heavy (non-hydrogen) atoms. The molecule has 2 heterocycles. The van der Waals surface area contributed by atoms with Crippen molar-refractivity contribution in [3.63, 3.8) is 0 Å². The number of benzene rings is 1. The predicted octanol–water partition coefficient (Wildman–Crippen LogP) is 0.494. The first-order valence-corrected chi connectivity index (χ1v) is 5.49. The van der Waals surface area contributed by atoms with E-state index in [0.717, 1.165) is 30.0 Å². The Balaban J connectivity index is 2.10. The first-order chi connectivity index (χ1) is 7.79. The number of rotatable bonds is 1. The van der Waals surface area contributed by atoms with E-state index in [9.17, 15) is 4.79 Å². The Hall–Kier alpha value is -1.55. The molecule has 4 heteroatoms. The highest BCUT2D eigenvalue weighted by Gasteiger charge is 2.36. The van der Waals surface area contributed by atoms with Crippen molar-refractivity contribution in [2.75, 3.05) is 20.2 Å². The molecular weight excluding hydrogens is 204 g/mol. The van der Waals surface area contributed by atoms with Gasteiger partial charge in [-0.05, 0) is 23.8 Å². The summed E-state index contributed by atoms with van der Waals surface area (Å²) in [5, 5.41) is 6.34. The minimum Gasteiger partial charge on any atom is -0.497 e. The lowest BCUT2D eigenvalue weighted by Gasteiger charge is -2.28. The fraction of sp³-hybridized carbons (Fsp3) is 0.417.